The monoisotopic (exact) mass is 743 g/mol. The number of imide groups is 1. The van der Waals surface area contributed by atoms with Crippen molar-refractivity contribution in [1.29, 1.82) is 0 Å². The van der Waals surface area contributed by atoms with Crippen molar-refractivity contribution in [1.82, 2.24) is 24.4 Å². The lowest BCUT2D eigenvalue weighted by atomic mass is 9.95. The Morgan fingerprint density at radius 1 is 0.962 bits per heavy atom. The van der Waals surface area contributed by atoms with Gasteiger partial charge >= 0.3 is 6.03 Å². The molecular weight excluding hydrogens is 695 g/mol. The molecule has 0 saturated carbocycles. The molecule has 12 nitrogen and oxygen atoms in total. The van der Waals surface area contributed by atoms with Gasteiger partial charge in [0, 0.05) is 24.7 Å². The van der Waals surface area contributed by atoms with E-state index in [0.717, 1.165) is 26.9 Å². The molecule has 0 aliphatic carbocycles. The van der Waals surface area contributed by atoms with Crippen molar-refractivity contribution in [3.05, 3.63) is 102 Å². The first-order valence-corrected chi connectivity index (χ1v) is 19.4. The van der Waals surface area contributed by atoms with E-state index in [9.17, 15) is 27.9 Å². The summed E-state index contributed by atoms with van der Waals surface area (Å²) in [5, 5.41) is 15.6. The molecule has 1 aliphatic heterocycles. The van der Waals surface area contributed by atoms with Gasteiger partial charge in [0.05, 0.1) is 36.2 Å². The Bertz CT molecular complexity index is 1990. The van der Waals surface area contributed by atoms with Crippen molar-refractivity contribution in [2.45, 2.75) is 70.2 Å². The van der Waals surface area contributed by atoms with Crippen LogP contribution in [-0.4, -0.2) is 95.4 Å². The third kappa shape index (κ3) is 9.21. The van der Waals surface area contributed by atoms with Crippen molar-refractivity contribution < 1.29 is 32.6 Å². The molecule has 2 N–H and O–H groups in total. The van der Waals surface area contributed by atoms with Crippen LogP contribution in [0.25, 0.3) is 10.9 Å². The zero-order chi connectivity index (χ0) is 38.3. The van der Waals surface area contributed by atoms with Gasteiger partial charge in [-0.25, -0.2) is 13.2 Å². The average Bonchev–Trinajstić information content (AvgIpc) is 3.42. The van der Waals surface area contributed by atoms with Gasteiger partial charge in [0.2, 0.25) is 15.9 Å². The minimum Gasteiger partial charge on any atom is -0.497 e. The van der Waals surface area contributed by atoms with Crippen LogP contribution >= 0.6 is 0 Å². The summed E-state index contributed by atoms with van der Waals surface area (Å²) in [7, 11) is -2.56. The smallest absolute Gasteiger partial charge is 0.328 e. The van der Waals surface area contributed by atoms with Crippen LogP contribution in [-0.2, 0) is 32.6 Å². The number of hydrogen-bond acceptors (Lipinski definition) is 8. The molecule has 1 fully saturated rings. The number of aliphatic hydroxyl groups is 1. The molecule has 4 aromatic rings. The van der Waals surface area contributed by atoms with Gasteiger partial charge in [0.15, 0.2) is 0 Å². The molecule has 0 radical (unpaired) electrons. The summed E-state index contributed by atoms with van der Waals surface area (Å²) < 4.78 is 34.3. The van der Waals surface area contributed by atoms with Crippen molar-refractivity contribution in [3.63, 3.8) is 0 Å². The van der Waals surface area contributed by atoms with Crippen LogP contribution in [0.15, 0.2) is 96.0 Å². The van der Waals surface area contributed by atoms with Gasteiger partial charge in [-0.15, -0.1) is 0 Å². The number of para-hydroxylation sites is 1. The summed E-state index contributed by atoms with van der Waals surface area (Å²) in [5.74, 6) is -0.876. The normalized spacial score (nSPS) is 15.9. The number of fused-ring (bicyclic) bond motifs is 1. The van der Waals surface area contributed by atoms with Crippen LogP contribution in [0.1, 0.15) is 45.2 Å². The number of rotatable bonds is 17. The minimum atomic E-state index is -4.05. The van der Waals surface area contributed by atoms with E-state index in [2.05, 4.69) is 10.3 Å². The highest BCUT2D eigenvalue weighted by molar-refractivity contribution is 7.89. The lowest BCUT2D eigenvalue weighted by molar-refractivity contribution is -0.129. The second-order valence-corrected chi connectivity index (χ2v) is 15.9. The summed E-state index contributed by atoms with van der Waals surface area (Å²) in [6.45, 7) is 7.09. The van der Waals surface area contributed by atoms with Crippen LogP contribution in [0.5, 0.6) is 5.75 Å². The van der Waals surface area contributed by atoms with Gasteiger partial charge in [-0.1, -0.05) is 82.6 Å². The predicted molar refractivity (Wildman–Crippen MR) is 202 cm³/mol. The maximum Gasteiger partial charge on any atom is 0.328 e. The van der Waals surface area contributed by atoms with E-state index in [1.807, 2.05) is 82.3 Å². The van der Waals surface area contributed by atoms with Crippen LogP contribution < -0.4 is 10.1 Å². The first kappa shape index (κ1) is 39.4. The van der Waals surface area contributed by atoms with Gasteiger partial charge in [-0.3, -0.25) is 19.5 Å². The molecular formula is C40H49N5O7S. The third-order valence-electron chi connectivity index (χ3n) is 9.69. The number of carbonyl (C=O) groups excluding carboxylic acids is 3. The number of benzene rings is 3. The molecule has 5 rings (SSSR count). The van der Waals surface area contributed by atoms with E-state index in [-0.39, 0.29) is 49.3 Å². The number of aliphatic hydroxyl groups excluding tert-OH is 1. The summed E-state index contributed by atoms with van der Waals surface area (Å²) in [6, 6.07) is 22.0. The van der Waals surface area contributed by atoms with E-state index >= 15 is 0 Å². The standard InChI is InChI=1S/C40H49N5O7S/c1-6-28(4)38(45-26-37(47)44(40(45)49)24-30-20-21-41-34-15-11-10-14-33(30)34)39(48)42-35(22-29-12-8-7-9-13-29)36(46)25-43(23-27(2)3)53(50,51)32-18-16-31(52-5)17-19-32/h7-21,27-28,35-36,38,46H,6,22-26H2,1-5H3,(H,42,48)/t28?,35-,36+,38?/m0/s1. The van der Waals surface area contributed by atoms with Crippen LogP contribution in [0.4, 0.5) is 4.79 Å². The molecule has 1 saturated heterocycles. The molecule has 1 aliphatic rings. The zero-order valence-electron chi connectivity index (χ0n) is 30.9. The first-order chi connectivity index (χ1) is 25.3. The molecule has 282 valence electrons. The number of sulfonamides is 1. The van der Waals surface area contributed by atoms with E-state index in [1.165, 1.54) is 28.4 Å². The molecule has 3 aromatic carbocycles. The highest BCUT2D eigenvalue weighted by Gasteiger charge is 2.45. The van der Waals surface area contributed by atoms with Gasteiger partial charge in [-0.2, -0.15) is 4.31 Å². The second kappa shape index (κ2) is 17.3. The number of nitrogens with one attached hydrogen (secondary N) is 1. The first-order valence-electron chi connectivity index (χ1n) is 17.9. The molecule has 53 heavy (non-hydrogen) atoms. The Hall–Kier alpha value is -4.85. The van der Waals surface area contributed by atoms with Crippen molar-refractivity contribution in [2.75, 3.05) is 26.7 Å². The third-order valence-corrected chi connectivity index (χ3v) is 11.5. The van der Waals surface area contributed by atoms with Crippen LogP contribution in [0, 0.1) is 11.8 Å². The number of pyridine rings is 1. The SMILES string of the molecule is CCC(C)C(C(=O)N[C@@H](Cc1ccccc1)[C@H](O)CN(CC(C)C)S(=O)(=O)c1ccc(OC)cc1)N1CC(=O)N(Cc2ccnc3ccccc23)C1=O. The van der Waals surface area contributed by atoms with Gasteiger partial charge in [-0.05, 0) is 65.8 Å². The molecule has 1 aromatic heterocycles. The van der Waals surface area contributed by atoms with E-state index in [1.54, 1.807) is 24.4 Å². The largest absolute Gasteiger partial charge is 0.497 e. The van der Waals surface area contributed by atoms with E-state index in [0.29, 0.717) is 12.2 Å². The van der Waals surface area contributed by atoms with Gasteiger partial charge in [0.25, 0.3) is 5.91 Å². The van der Waals surface area contributed by atoms with Crippen LogP contribution in [0.3, 0.4) is 0 Å². The number of ether oxygens (including phenoxy) is 1. The van der Waals surface area contributed by atoms with Gasteiger partial charge < -0.3 is 20.1 Å². The molecule has 2 unspecified atom stereocenters. The van der Waals surface area contributed by atoms with Crippen molar-refractivity contribution >= 4 is 38.8 Å². The number of methoxy groups -OCH3 is 1. The Morgan fingerprint density at radius 3 is 2.30 bits per heavy atom. The highest BCUT2D eigenvalue weighted by atomic mass is 32.2. The molecule has 0 bridgehead atoms. The second-order valence-electron chi connectivity index (χ2n) is 14.0. The van der Waals surface area contributed by atoms with E-state index < -0.39 is 46.1 Å². The quantitative estimate of drug-likeness (QED) is 0.146. The molecule has 0 spiro atoms. The summed E-state index contributed by atoms with van der Waals surface area (Å²) in [6.07, 6.45) is 1.02. The fourth-order valence-corrected chi connectivity index (χ4v) is 8.28. The number of urea groups is 1. The number of aromatic nitrogens is 1. The average molecular weight is 744 g/mol. The fourth-order valence-electron chi connectivity index (χ4n) is 6.66. The molecule has 2 heterocycles. The summed E-state index contributed by atoms with van der Waals surface area (Å²) >= 11 is 0. The van der Waals surface area contributed by atoms with Gasteiger partial charge in [0.1, 0.15) is 18.3 Å². The fraction of sp³-hybridized carbons (Fsp3) is 0.400. The Kier molecular flexibility index (Phi) is 12.9. The highest BCUT2D eigenvalue weighted by Crippen LogP contribution is 2.26. The van der Waals surface area contributed by atoms with Crippen molar-refractivity contribution in [2.24, 2.45) is 11.8 Å². The zero-order valence-corrected chi connectivity index (χ0v) is 31.7. The van der Waals surface area contributed by atoms with E-state index in [4.69, 9.17) is 4.74 Å². The number of hydrogen-bond donors (Lipinski definition) is 2. The maximum atomic E-state index is 14.4. The molecule has 4 atom stereocenters. The Balaban J connectivity index is 1.41. The lowest BCUT2D eigenvalue weighted by Crippen LogP contribution is -2.57. The summed E-state index contributed by atoms with van der Waals surface area (Å²) in [5.41, 5.74) is 2.31. The number of carbonyl (C=O) groups is 3. The Labute approximate surface area is 311 Å². The minimum absolute atomic E-state index is 0.0236. The Morgan fingerprint density at radius 2 is 1.64 bits per heavy atom. The van der Waals surface area contributed by atoms with Crippen molar-refractivity contribution in [3.8, 4) is 5.75 Å². The molecule has 13 heteroatoms. The number of amides is 4. The summed E-state index contributed by atoms with van der Waals surface area (Å²) in [4.78, 5) is 48.6. The lowest BCUT2D eigenvalue weighted by Gasteiger charge is -2.34. The maximum absolute atomic E-state index is 14.4. The predicted octanol–water partition coefficient (Wildman–Crippen LogP) is 4.86. The van der Waals surface area contributed by atoms with Crippen LogP contribution in [0.2, 0.25) is 0 Å². The molecule has 4 amide bonds. The number of nitrogens with zero attached hydrogens (tertiary/aromatic N) is 4. The topological polar surface area (TPSA) is 149 Å².